The lowest BCUT2D eigenvalue weighted by Gasteiger charge is -2.14. The molecule has 1 aromatic carbocycles. The largest absolute Gasteiger partial charge is 0.481 e. The predicted octanol–water partition coefficient (Wildman–Crippen LogP) is 1.48. The maximum absolute atomic E-state index is 10.5. The first-order chi connectivity index (χ1) is 7.75. The van der Waals surface area contributed by atoms with E-state index in [9.17, 15) is 4.79 Å². The van der Waals surface area contributed by atoms with Gasteiger partial charge >= 0.3 is 5.97 Å². The van der Waals surface area contributed by atoms with E-state index >= 15 is 0 Å². The highest BCUT2D eigenvalue weighted by Crippen LogP contribution is 2.07. The van der Waals surface area contributed by atoms with Crippen LogP contribution in [0.2, 0.25) is 0 Å². The fourth-order valence-corrected chi connectivity index (χ4v) is 1.68. The highest BCUT2D eigenvalue weighted by Gasteiger charge is 2.07. The molecule has 0 saturated heterocycles. The van der Waals surface area contributed by atoms with E-state index in [-0.39, 0.29) is 18.8 Å². The Bertz CT molecular complexity index is 415. The van der Waals surface area contributed by atoms with Crippen LogP contribution in [0.15, 0.2) is 29.3 Å². The Hall–Kier alpha value is -1.55. The van der Waals surface area contributed by atoms with E-state index in [1.807, 2.05) is 24.3 Å². The minimum absolute atomic E-state index is 0. The monoisotopic (exact) mass is 254 g/mol. The summed E-state index contributed by atoms with van der Waals surface area (Å²) in [6.45, 7) is 1.81. The zero-order valence-electron chi connectivity index (χ0n) is 9.35. The first-order valence-electron chi connectivity index (χ1n) is 5.35. The van der Waals surface area contributed by atoms with Crippen LogP contribution in [0.5, 0.6) is 0 Å². The third-order valence-corrected chi connectivity index (χ3v) is 2.48. The Kier molecular flexibility index (Phi) is 4.97. The Labute approximate surface area is 106 Å². The predicted molar refractivity (Wildman–Crippen MR) is 69.1 cm³/mol. The van der Waals surface area contributed by atoms with Crippen LogP contribution >= 0.6 is 12.4 Å². The fourth-order valence-electron chi connectivity index (χ4n) is 1.68. The smallest absolute Gasteiger partial charge is 0.307 e. The third kappa shape index (κ3) is 3.75. The lowest BCUT2D eigenvalue weighted by molar-refractivity contribution is -0.136. The average Bonchev–Trinajstić information content (AvgIpc) is 2.30. The van der Waals surface area contributed by atoms with Crippen LogP contribution in [0, 0.1) is 0 Å². The second kappa shape index (κ2) is 6.25. The number of aliphatic carboxylic acids is 1. The molecule has 0 aliphatic carbocycles. The summed E-state index contributed by atoms with van der Waals surface area (Å²) >= 11 is 0. The standard InChI is InChI=1S/C12H14N2O2.ClH/c15-11(16)8-9-2-4-10(5-3-9)12-13-6-1-7-14-12;/h2-5H,1,6-8H2,(H,13,14)(H,15,16);1H. The second-order valence-corrected chi connectivity index (χ2v) is 3.78. The molecule has 5 heteroatoms. The van der Waals surface area contributed by atoms with Gasteiger partial charge < -0.3 is 10.4 Å². The summed E-state index contributed by atoms with van der Waals surface area (Å²) in [5, 5.41) is 11.9. The van der Waals surface area contributed by atoms with Gasteiger partial charge in [-0.05, 0) is 12.0 Å². The average molecular weight is 255 g/mol. The summed E-state index contributed by atoms with van der Waals surface area (Å²) in [5.41, 5.74) is 1.83. The summed E-state index contributed by atoms with van der Waals surface area (Å²) < 4.78 is 0. The molecule has 1 aromatic rings. The van der Waals surface area contributed by atoms with Crippen molar-refractivity contribution in [1.29, 1.82) is 0 Å². The van der Waals surface area contributed by atoms with Gasteiger partial charge in [0.25, 0.3) is 0 Å². The zero-order chi connectivity index (χ0) is 11.4. The molecule has 0 fully saturated rings. The Morgan fingerprint density at radius 1 is 1.35 bits per heavy atom. The molecule has 0 aromatic heterocycles. The molecule has 0 unspecified atom stereocenters. The Balaban J connectivity index is 0.00000144. The number of aliphatic imine (C=N–C) groups is 1. The van der Waals surface area contributed by atoms with E-state index in [1.165, 1.54) is 0 Å². The van der Waals surface area contributed by atoms with Crippen molar-refractivity contribution in [2.45, 2.75) is 12.8 Å². The first-order valence-corrected chi connectivity index (χ1v) is 5.35. The van der Waals surface area contributed by atoms with E-state index in [1.54, 1.807) is 0 Å². The molecule has 17 heavy (non-hydrogen) atoms. The lowest BCUT2D eigenvalue weighted by Crippen LogP contribution is -2.30. The zero-order valence-corrected chi connectivity index (χ0v) is 10.2. The van der Waals surface area contributed by atoms with Crippen LogP contribution in [0.1, 0.15) is 17.5 Å². The van der Waals surface area contributed by atoms with Gasteiger partial charge in [0.1, 0.15) is 5.84 Å². The molecule has 0 atom stereocenters. The van der Waals surface area contributed by atoms with E-state index in [4.69, 9.17) is 5.11 Å². The summed E-state index contributed by atoms with van der Waals surface area (Å²) in [6.07, 6.45) is 1.14. The summed E-state index contributed by atoms with van der Waals surface area (Å²) in [6, 6.07) is 7.50. The van der Waals surface area contributed by atoms with Crippen LogP contribution in [-0.4, -0.2) is 30.0 Å². The number of carboxylic acid groups (broad SMARTS) is 1. The molecule has 1 aliphatic heterocycles. The molecule has 0 radical (unpaired) electrons. The fraction of sp³-hybridized carbons (Fsp3) is 0.333. The van der Waals surface area contributed by atoms with Crippen LogP contribution < -0.4 is 5.32 Å². The van der Waals surface area contributed by atoms with Crippen molar-refractivity contribution >= 4 is 24.2 Å². The molecule has 1 aliphatic rings. The molecule has 0 bridgehead atoms. The van der Waals surface area contributed by atoms with Gasteiger partial charge in [-0.1, -0.05) is 24.3 Å². The number of carboxylic acids is 1. The molecule has 2 N–H and O–H groups in total. The SMILES string of the molecule is Cl.O=C(O)Cc1ccc(C2=NCCCN2)cc1. The van der Waals surface area contributed by atoms with Gasteiger partial charge in [0.2, 0.25) is 0 Å². The molecular weight excluding hydrogens is 240 g/mol. The number of carbonyl (C=O) groups is 1. The maximum Gasteiger partial charge on any atom is 0.307 e. The number of hydrogen-bond donors (Lipinski definition) is 2. The van der Waals surface area contributed by atoms with Crippen molar-refractivity contribution in [3.05, 3.63) is 35.4 Å². The van der Waals surface area contributed by atoms with Crippen molar-refractivity contribution in [1.82, 2.24) is 5.32 Å². The normalized spacial score (nSPS) is 14.2. The van der Waals surface area contributed by atoms with E-state index in [0.717, 1.165) is 36.5 Å². The number of benzene rings is 1. The van der Waals surface area contributed by atoms with Gasteiger partial charge in [-0.25, -0.2) is 0 Å². The lowest BCUT2D eigenvalue weighted by atomic mass is 10.1. The number of hydrogen-bond acceptors (Lipinski definition) is 3. The number of nitrogens with zero attached hydrogens (tertiary/aromatic N) is 1. The Morgan fingerprint density at radius 2 is 2.06 bits per heavy atom. The first kappa shape index (κ1) is 13.5. The van der Waals surface area contributed by atoms with Crippen molar-refractivity contribution in [3.8, 4) is 0 Å². The summed E-state index contributed by atoms with van der Waals surface area (Å²) in [4.78, 5) is 14.9. The van der Waals surface area contributed by atoms with Crippen LogP contribution in [-0.2, 0) is 11.2 Å². The topological polar surface area (TPSA) is 61.7 Å². The van der Waals surface area contributed by atoms with E-state index in [0.29, 0.717) is 0 Å². The number of halogens is 1. The van der Waals surface area contributed by atoms with Crippen molar-refractivity contribution in [2.75, 3.05) is 13.1 Å². The molecule has 0 saturated carbocycles. The van der Waals surface area contributed by atoms with Crippen molar-refractivity contribution in [3.63, 3.8) is 0 Å². The molecule has 92 valence electrons. The minimum atomic E-state index is -0.805. The van der Waals surface area contributed by atoms with E-state index in [2.05, 4.69) is 10.3 Å². The van der Waals surface area contributed by atoms with Gasteiger partial charge in [-0.15, -0.1) is 12.4 Å². The highest BCUT2D eigenvalue weighted by atomic mass is 35.5. The van der Waals surface area contributed by atoms with Gasteiger partial charge in [0.05, 0.1) is 6.42 Å². The van der Waals surface area contributed by atoms with Crippen LogP contribution in [0.3, 0.4) is 0 Å². The van der Waals surface area contributed by atoms with Crippen LogP contribution in [0.25, 0.3) is 0 Å². The highest BCUT2D eigenvalue weighted by molar-refractivity contribution is 5.99. The minimum Gasteiger partial charge on any atom is -0.481 e. The molecule has 4 nitrogen and oxygen atoms in total. The van der Waals surface area contributed by atoms with Gasteiger partial charge in [0.15, 0.2) is 0 Å². The van der Waals surface area contributed by atoms with E-state index < -0.39 is 5.97 Å². The van der Waals surface area contributed by atoms with Crippen molar-refractivity contribution in [2.24, 2.45) is 4.99 Å². The van der Waals surface area contributed by atoms with Gasteiger partial charge in [-0.3, -0.25) is 9.79 Å². The molecule has 0 amide bonds. The maximum atomic E-state index is 10.5. The molecule has 1 heterocycles. The quantitative estimate of drug-likeness (QED) is 0.859. The van der Waals surface area contributed by atoms with Crippen LogP contribution in [0.4, 0.5) is 0 Å². The number of nitrogens with one attached hydrogen (secondary N) is 1. The number of rotatable bonds is 3. The van der Waals surface area contributed by atoms with Gasteiger partial charge in [0, 0.05) is 18.7 Å². The van der Waals surface area contributed by atoms with Gasteiger partial charge in [-0.2, -0.15) is 0 Å². The van der Waals surface area contributed by atoms with Crippen molar-refractivity contribution < 1.29 is 9.90 Å². The third-order valence-electron chi connectivity index (χ3n) is 2.48. The molecule has 0 spiro atoms. The number of amidine groups is 1. The molecule has 2 rings (SSSR count). The second-order valence-electron chi connectivity index (χ2n) is 3.78. The molecular formula is C12H15ClN2O2. The Morgan fingerprint density at radius 3 is 2.59 bits per heavy atom. The summed E-state index contributed by atoms with van der Waals surface area (Å²) in [5.74, 6) is 0.106. The summed E-state index contributed by atoms with van der Waals surface area (Å²) in [7, 11) is 0.